The third-order valence-corrected chi connectivity index (χ3v) is 3.18. The summed E-state index contributed by atoms with van der Waals surface area (Å²) in [5.74, 6) is 0.971. The minimum Gasteiger partial charge on any atom is -0.334 e. The van der Waals surface area contributed by atoms with E-state index in [1.165, 1.54) is 0 Å². The number of benzene rings is 1. The lowest BCUT2D eigenvalue weighted by molar-refractivity contribution is 0.432. The molecule has 5 heteroatoms. The fraction of sp³-hybridized carbons (Fsp3) is 0. The predicted molar refractivity (Wildman–Crippen MR) is 78.3 cm³/mol. The fourth-order valence-electron chi connectivity index (χ4n) is 2.14. The van der Waals surface area contributed by atoms with Gasteiger partial charge in [-0.3, -0.25) is 9.97 Å². The molecule has 0 spiro atoms. The Morgan fingerprint density at radius 2 is 1.86 bits per heavy atom. The van der Waals surface area contributed by atoms with E-state index in [0.717, 1.165) is 22.0 Å². The minimum absolute atomic E-state index is 0.451. The van der Waals surface area contributed by atoms with Crippen molar-refractivity contribution in [2.45, 2.75) is 0 Å². The highest BCUT2D eigenvalue weighted by Gasteiger charge is 2.11. The van der Waals surface area contributed by atoms with E-state index in [2.05, 4.69) is 20.1 Å². The summed E-state index contributed by atoms with van der Waals surface area (Å²) in [5.41, 5.74) is 2.56. The van der Waals surface area contributed by atoms with Gasteiger partial charge in [0.2, 0.25) is 5.82 Å². The van der Waals surface area contributed by atoms with Crippen LogP contribution in [-0.4, -0.2) is 20.1 Å². The zero-order valence-electron chi connectivity index (χ0n) is 11.0. The molecule has 4 rings (SSSR count). The van der Waals surface area contributed by atoms with E-state index in [-0.39, 0.29) is 0 Å². The van der Waals surface area contributed by atoms with Gasteiger partial charge in [-0.25, -0.2) is 0 Å². The van der Waals surface area contributed by atoms with Crippen molar-refractivity contribution in [1.82, 2.24) is 20.1 Å². The summed E-state index contributed by atoms with van der Waals surface area (Å²) < 4.78 is 5.33. The number of aromatic nitrogens is 4. The second-order valence-electron chi connectivity index (χ2n) is 4.58. The van der Waals surface area contributed by atoms with Gasteiger partial charge >= 0.3 is 0 Å². The molecule has 4 aromatic rings. The van der Waals surface area contributed by atoms with Gasteiger partial charge in [-0.2, -0.15) is 4.98 Å². The van der Waals surface area contributed by atoms with Crippen molar-refractivity contribution in [3.63, 3.8) is 0 Å². The van der Waals surface area contributed by atoms with Crippen LogP contribution >= 0.6 is 0 Å². The van der Waals surface area contributed by atoms with Crippen molar-refractivity contribution >= 4 is 10.9 Å². The largest absolute Gasteiger partial charge is 0.334 e. The van der Waals surface area contributed by atoms with E-state index < -0.39 is 0 Å². The van der Waals surface area contributed by atoms with Gasteiger partial charge in [-0.1, -0.05) is 23.4 Å². The van der Waals surface area contributed by atoms with Crippen LogP contribution in [0.15, 0.2) is 65.6 Å². The quantitative estimate of drug-likeness (QED) is 0.561. The number of nitrogens with zero attached hydrogens (tertiary/aromatic N) is 4. The van der Waals surface area contributed by atoms with Crippen LogP contribution in [0.5, 0.6) is 0 Å². The number of para-hydroxylation sites is 1. The molecule has 0 saturated heterocycles. The van der Waals surface area contributed by atoms with Crippen molar-refractivity contribution in [1.29, 1.82) is 0 Å². The molecule has 0 fully saturated rings. The van der Waals surface area contributed by atoms with E-state index in [4.69, 9.17) is 4.52 Å². The number of pyridine rings is 2. The van der Waals surface area contributed by atoms with Gasteiger partial charge in [-0.15, -0.1) is 0 Å². The summed E-state index contributed by atoms with van der Waals surface area (Å²) in [7, 11) is 0. The lowest BCUT2D eigenvalue weighted by atomic mass is 10.1. The number of hydrogen-bond donors (Lipinski definition) is 0. The first-order valence-electron chi connectivity index (χ1n) is 6.49. The maximum absolute atomic E-state index is 5.33. The average Bonchev–Trinajstić information content (AvgIpc) is 3.05. The molecule has 0 aliphatic rings. The van der Waals surface area contributed by atoms with Crippen LogP contribution in [0.2, 0.25) is 0 Å². The van der Waals surface area contributed by atoms with Gasteiger partial charge in [0.05, 0.1) is 11.1 Å². The van der Waals surface area contributed by atoms with Crippen LogP contribution < -0.4 is 0 Å². The first kappa shape index (κ1) is 11.7. The molecule has 0 aliphatic heterocycles. The molecule has 1 aromatic carbocycles. The van der Waals surface area contributed by atoms with Crippen molar-refractivity contribution < 1.29 is 4.52 Å². The molecule has 0 saturated carbocycles. The zero-order valence-corrected chi connectivity index (χ0v) is 11.0. The topological polar surface area (TPSA) is 64.7 Å². The Bertz CT molecular complexity index is 902. The smallest absolute Gasteiger partial charge is 0.259 e. The van der Waals surface area contributed by atoms with Gasteiger partial charge in [0.15, 0.2) is 0 Å². The number of rotatable bonds is 2. The van der Waals surface area contributed by atoms with Crippen LogP contribution in [0.3, 0.4) is 0 Å². The standard InChI is InChI=1S/C16H10N4O/c1-2-6-14-11(4-1)8-13(10-18-14)16-19-15(20-21-16)12-5-3-7-17-9-12/h1-10H. The number of fused-ring (bicyclic) bond motifs is 1. The molecule has 0 aliphatic carbocycles. The van der Waals surface area contributed by atoms with E-state index in [1.807, 2.05) is 42.5 Å². The van der Waals surface area contributed by atoms with E-state index in [0.29, 0.717) is 11.7 Å². The monoisotopic (exact) mass is 274 g/mol. The molecular formula is C16H10N4O. The average molecular weight is 274 g/mol. The normalized spacial score (nSPS) is 10.9. The molecule has 100 valence electrons. The first-order valence-corrected chi connectivity index (χ1v) is 6.49. The Balaban J connectivity index is 1.77. The van der Waals surface area contributed by atoms with Gasteiger partial charge in [-0.05, 0) is 24.3 Å². The van der Waals surface area contributed by atoms with Crippen LogP contribution in [-0.2, 0) is 0 Å². The van der Waals surface area contributed by atoms with Crippen molar-refractivity contribution in [2.24, 2.45) is 0 Å². The summed E-state index contributed by atoms with van der Waals surface area (Å²) in [6.45, 7) is 0. The summed E-state index contributed by atoms with van der Waals surface area (Å²) in [6, 6.07) is 13.6. The van der Waals surface area contributed by atoms with E-state index in [1.54, 1.807) is 18.6 Å². The SMILES string of the molecule is c1cncc(-c2noc(-c3cnc4ccccc4c3)n2)c1. The summed E-state index contributed by atoms with van der Waals surface area (Å²) in [6.07, 6.45) is 5.15. The third-order valence-electron chi connectivity index (χ3n) is 3.18. The second-order valence-corrected chi connectivity index (χ2v) is 4.58. The molecular weight excluding hydrogens is 264 g/mol. The minimum atomic E-state index is 0.451. The first-order chi connectivity index (χ1) is 10.4. The Morgan fingerprint density at radius 3 is 2.76 bits per heavy atom. The molecule has 5 nitrogen and oxygen atoms in total. The maximum atomic E-state index is 5.33. The molecule has 0 atom stereocenters. The molecule has 21 heavy (non-hydrogen) atoms. The highest BCUT2D eigenvalue weighted by atomic mass is 16.5. The van der Waals surface area contributed by atoms with Crippen molar-refractivity contribution in [2.75, 3.05) is 0 Å². The Labute approximate surface area is 120 Å². The zero-order chi connectivity index (χ0) is 14.1. The molecule has 0 radical (unpaired) electrons. The van der Waals surface area contributed by atoms with Gasteiger partial charge < -0.3 is 4.52 Å². The molecule has 0 unspecified atom stereocenters. The van der Waals surface area contributed by atoms with Gasteiger partial charge in [0.25, 0.3) is 5.89 Å². The number of hydrogen-bond acceptors (Lipinski definition) is 5. The van der Waals surface area contributed by atoms with Crippen molar-refractivity contribution in [3.8, 4) is 22.8 Å². The van der Waals surface area contributed by atoms with E-state index >= 15 is 0 Å². The van der Waals surface area contributed by atoms with Crippen LogP contribution in [0.25, 0.3) is 33.7 Å². The van der Waals surface area contributed by atoms with Gasteiger partial charge in [0.1, 0.15) is 0 Å². The summed E-state index contributed by atoms with van der Waals surface area (Å²) in [4.78, 5) is 12.8. The highest BCUT2D eigenvalue weighted by molar-refractivity contribution is 5.82. The molecule has 3 heterocycles. The lowest BCUT2D eigenvalue weighted by Crippen LogP contribution is -1.84. The lowest BCUT2D eigenvalue weighted by Gasteiger charge is -1.98. The predicted octanol–water partition coefficient (Wildman–Crippen LogP) is 3.35. The molecule has 3 aromatic heterocycles. The summed E-state index contributed by atoms with van der Waals surface area (Å²) in [5, 5.41) is 5.03. The Hall–Kier alpha value is -3.08. The van der Waals surface area contributed by atoms with Crippen LogP contribution in [0.4, 0.5) is 0 Å². The van der Waals surface area contributed by atoms with E-state index in [9.17, 15) is 0 Å². The second kappa shape index (κ2) is 4.79. The molecule has 0 N–H and O–H groups in total. The highest BCUT2D eigenvalue weighted by Crippen LogP contribution is 2.23. The maximum Gasteiger partial charge on any atom is 0.259 e. The molecule has 0 bridgehead atoms. The van der Waals surface area contributed by atoms with Crippen molar-refractivity contribution in [3.05, 3.63) is 61.1 Å². The Kier molecular flexibility index (Phi) is 2.67. The van der Waals surface area contributed by atoms with Gasteiger partial charge in [0, 0.05) is 29.5 Å². The van der Waals surface area contributed by atoms with Crippen LogP contribution in [0.1, 0.15) is 0 Å². The molecule has 0 amide bonds. The summed E-state index contributed by atoms with van der Waals surface area (Å²) >= 11 is 0. The Morgan fingerprint density at radius 1 is 0.905 bits per heavy atom. The fourth-order valence-corrected chi connectivity index (χ4v) is 2.14. The third kappa shape index (κ3) is 2.14. The van der Waals surface area contributed by atoms with Crippen LogP contribution in [0, 0.1) is 0 Å².